The molecular formula is C13H15ClO2. The monoisotopic (exact) mass is 238 g/mol. The minimum atomic E-state index is -0.926. The Hall–Kier alpha value is -0.990. The first-order valence-corrected chi connectivity index (χ1v) is 5.76. The van der Waals surface area contributed by atoms with Crippen LogP contribution in [0.15, 0.2) is 36.1 Å². The number of hydrogen-bond donors (Lipinski definition) is 1. The molecule has 1 atom stereocenters. The zero-order valence-corrected chi connectivity index (χ0v) is 10.00. The first-order valence-electron chi connectivity index (χ1n) is 5.38. The third kappa shape index (κ3) is 2.57. The maximum atomic E-state index is 10.3. The Bertz CT molecular complexity index is 393. The van der Waals surface area contributed by atoms with Gasteiger partial charge in [-0.3, -0.25) is 0 Å². The molecule has 0 saturated heterocycles. The molecule has 0 spiro atoms. The predicted octanol–water partition coefficient (Wildman–Crippen LogP) is 2.94. The predicted molar refractivity (Wildman–Crippen MR) is 64.4 cm³/mol. The number of halogens is 1. The van der Waals surface area contributed by atoms with Crippen molar-refractivity contribution in [3.8, 4) is 0 Å². The number of aliphatic hydroxyl groups is 1. The molecule has 0 aromatic heterocycles. The molecule has 0 radical (unpaired) electrons. The highest BCUT2D eigenvalue weighted by Gasteiger charge is 2.29. The molecule has 86 valence electrons. The second-order valence-corrected chi connectivity index (χ2v) is 4.72. The number of rotatable bonds is 3. The lowest BCUT2D eigenvalue weighted by molar-refractivity contribution is 0.0350. The quantitative estimate of drug-likeness (QED) is 0.878. The van der Waals surface area contributed by atoms with E-state index in [9.17, 15) is 5.11 Å². The molecule has 1 N–H and O–H groups in total. The van der Waals surface area contributed by atoms with Gasteiger partial charge in [0.15, 0.2) is 0 Å². The van der Waals surface area contributed by atoms with Gasteiger partial charge in [0.2, 0.25) is 0 Å². The van der Waals surface area contributed by atoms with Crippen LogP contribution in [0.1, 0.15) is 18.9 Å². The smallest absolute Gasteiger partial charge is 0.124 e. The SMILES string of the molecule is CC(O)(Cc1ccc(Cl)cc1)C1=CCCO1. The fourth-order valence-electron chi connectivity index (χ4n) is 1.88. The molecule has 1 aromatic rings. The second-order valence-electron chi connectivity index (χ2n) is 4.28. The lowest BCUT2D eigenvalue weighted by atomic mass is 9.94. The molecule has 2 nitrogen and oxygen atoms in total. The lowest BCUT2D eigenvalue weighted by Crippen LogP contribution is -2.30. The second kappa shape index (κ2) is 4.48. The summed E-state index contributed by atoms with van der Waals surface area (Å²) in [6.45, 7) is 2.45. The highest BCUT2D eigenvalue weighted by atomic mass is 35.5. The van der Waals surface area contributed by atoms with E-state index in [4.69, 9.17) is 16.3 Å². The summed E-state index contributed by atoms with van der Waals surface area (Å²) in [4.78, 5) is 0. The van der Waals surface area contributed by atoms with Crippen molar-refractivity contribution in [2.75, 3.05) is 6.61 Å². The highest BCUT2D eigenvalue weighted by molar-refractivity contribution is 6.30. The number of ether oxygens (including phenoxy) is 1. The van der Waals surface area contributed by atoms with E-state index >= 15 is 0 Å². The Morgan fingerprint density at radius 3 is 2.62 bits per heavy atom. The summed E-state index contributed by atoms with van der Waals surface area (Å²) in [7, 11) is 0. The number of benzene rings is 1. The first-order chi connectivity index (χ1) is 7.58. The summed E-state index contributed by atoms with van der Waals surface area (Å²) in [6, 6.07) is 7.51. The lowest BCUT2D eigenvalue weighted by Gasteiger charge is -2.24. The van der Waals surface area contributed by atoms with Gasteiger partial charge < -0.3 is 9.84 Å². The van der Waals surface area contributed by atoms with Gasteiger partial charge in [0.05, 0.1) is 6.61 Å². The van der Waals surface area contributed by atoms with E-state index < -0.39 is 5.60 Å². The average molecular weight is 239 g/mol. The maximum Gasteiger partial charge on any atom is 0.124 e. The van der Waals surface area contributed by atoms with Gasteiger partial charge in [0.1, 0.15) is 11.4 Å². The van der Waals surface area contributed by atoms with E-state index in [1.54, 1.807) is 6.92 Å². The molecule has 0 aliphatic carbocycles. The molecule has 1 aliphatic heterocycles. The van der Waals surface area contributed by atoms with Crippen molar-refractivity contribution in [3.05, 3.63) is 46.7 Å². The standard InChI is InChI=1S/C13H15ClO2/c1-13(15,12-3-2-8-16-12)9-10-4-6-11(14)7-5-10/h3-7,15H,2,8-9H2,1H3. The minimum Gasteiger partial charge on any atom is -0.495 e. The van der Waals surface area contributed by atoms with Crippen molar-refractivity contribution in [2.24, 2.45) is 0 Å². The molecule has 1 unspecified atom stereocenters. The molecule has 1 aromatic carbocycles. The molecule has 1 heterocycles. The topological polar surface area (TPSA) is 29.5 Å². The third-order valence-electron chi connectivity index (χ3n) is 2.70. The van der Waals surface area contributed by atoms with Crippen molar-refractivity contribution in [1.29, 1.82) is 0 Å². The zero-order chi connectivity index (χ0) is 11.6. The van der Waals surface area contributed by atoms with E-state index in [0.29, 0.717) is 23.8 Å². The van der Waals surface area contributed by atoms with E-state index in [-0.39, 0.29) is 0 Å². The van der Waals surface area contributed by atoms with Crippen LogP contribution in [0.5, 0.6) is 0 Å². The van der Waals surface area contributed by atoms with E-state index in [1.165, 1.54) is 0 Å². The van der Waals surface area contributed by atoms with Crippen LogP contribution in [0.2, 0.25) is 5.02 Å². The van der Waals surface area contributed by atoms with Crippen molar-refractivity contribution in [1.82, 2.24) is 0 Å². The van der Waals surface area contributed by atoms with E-state index in [2.05, 4.69) is 0 Å². The van der Waals surface area contributed by atoms with Gasteiger partial charge in [-0.1, -0.05) is 23.7 Å². The third-order valence-corrected chi connectivity index (χ3v) is 2.95. The summed E-state index contributed by atoms with van der Waals surface area (Å²) in [5.74, 6) is 0.683. The Morgan fingerprint density at radius 2 is 2.06 bits per heavy atom. The molecule has 3 heteroatoms. The van der Waals surface area contributed by atoms with Crippen LogP contribution >= 0.6 is 11.6 Å². The van der Waals surface area contributed by atoms with Crippen molar-refractivity contribution < 1.29 is 9.84 Å². The molecule has 0 bridgehead atoms. The van der Waals surface area contributed by atoms with Crippen molar-refractivity contribution in [2.45, 2.75) is 25.4 Å². The Balaban J connectivity index is 2.11. The minimum absolute atomic E-state index is 0.538. The van der Waals surface area contributed by atoms with Gasteiger partial charge in [0, 0.05) is 17.9 Å². The van der Waals surface area contributed by atoms with Gasteiger partial charge in [-0.25, -0.2) is 0 Å². The maximum absolute atomic E-state index is 10.3. The van der Waals surface area contributed by atoms with Crippen LogP contribution in [-0.4, -0.2) is 17.3 Å². The van der Waals surface area contributed by atoms with Crippen molar-refractivity contribution >= 4 is 11.6 Å². The molecule has 0 fully saturated rings. The number of hydrogen-bond acceptors (Lipinski definition) is 2. The molecule has 0 saturated carbocycles. The average Bonchev–Trinajstić information content (AvgIpc) is 2.75. The largest absolute Gasteiger partial charge is 0.495 e. The van der Waals surface area contributed by atoms with Crippen molar-refractivity contribution in [3.63, 3.8) is 0 Å². The van der Waals surface area contributed by atoms with Gasteiger partial charge in [0.25, 0.3) is 0 Å². The van der Waals surface area contributed by atoms with E-state index in [0.717, 1.165) is 12.0 Å². The normalized spacial score (nSPS) is 18.8. The summed E-state index contributed by atoms with van der Waals surface area (Å²) in [5, 5.41) is 11.0. The van der Waals surface area contributed by atoms with E-state index in [1.807, 2.05) is 30.3 Å². The molecule has 0 amide bonds. The van der Waals surface area contributed by atoms with Gasteiger partial charge >= 0.3 is 0 Å². The summed E-state index contributed by atoms with van der Waals surface area (Å²) in [6.07, 6.45) is 3.37. The first kappa shape index (κ1) is 11.5. The molecule has 2 rings (SSSR count). The van der Waals surface area contributed by atoms with Crippen LogP contribution in [0.25, 0.3) is 0 Å². The van der Waals surface area contributed by atoms with Crippen LogP contribution in [0.4, 0.5) is 0 Å². The van der Waals surface area contributed by atoms with Crippen LogP contribution in [0, 0.1) is 0 Å². The molecule has 1 aliphatic rings. The fraction of sp³-hybridized carbons (Fsp3) is 0.385. The van der Waals surface area contributed by atoms with Gasteiger partial charge in [-0.05, 0) is 30.7 Å². The van der Waals surface area contributed by atoms with Gasteiger partial charge in [-0.15, -0.1) is 0 Å². The fourth-order valence-corrected chi connectivity index (χ4v) is 2.01. The summed E-state index contributed by atoms with van der Waals surface area (Å²) < 4.78 is 5.40. The Labute approximate surface area is 101 Å². The zero-order valence-electron chi connectivity index (χ0n) is 9.24. The van der Waals surface area contributed by atoms with Gasteiger partial charge in [-0.2, -0.15) is 0 Å². The Kier molecular flexibility index (Phi) is 3.22. The summed E-state index contributed by atoms with van der Waals surface area (Å²) in [5.41, 5.74) is 0.121. The van der Waals surface area contributed by atoms with Crippen LogP contribution < -0.4 is 0 Å². The summed E-state index contributed by atoms with van der Waals surface area (Å²) >= 11 is 5.81. The molecule has 16 heavy (non-hydrogen) atoms. The molecular weight excluding hydrogens is 224 g/mol. The van der Waals surface area contributed by atoms with Crippen LogP contribution in [-0.2, 0) is 11.2 Å². The highest BCUT2D eigenvalue weighted by Crippen LogP contribution is 2.27. The Morgan fingerprint density at radius 1 is 1.38 bits per heavy atom. The van der Waals surface area contributed by atoms with Crippen LogP contribution in [0.3, 0.4) is 0 Å².